The van der Waals surface area contributed by atoms with Crippen molar-refractivity contribution in [3.05, 3.63) is 87.8 Å². The minimum Gasteiger partial charge on any atom is -0.493 e. The highest BCUT2D eigenvalue weighted by Crippen LogP contribution is 2.44. The normalized spacial score (nSPS) is 17.0. The molecule has 1 unspecified atom stereocenters. The number of nitrogens with zero attached hydrogens (tertiary/aromatic N) is 1. The molecule has 1 atom stereocenters. The van der Waals surface area contributed by atoms with Crippen molar-refractivity contribution in [1.82, 2.24) is 4.90 Å². The van der Waals surface area contributed by atoms with E-state index in [4.69, 9.17) is 18.4 Å². The van der Waals surface area contributed by atoms with Gasteiger partial charge < -0.3 is 18.4 Å². The third-order valence-electron chi connectivity index (χ3n) is 6.64. The summed E-state index contributed by atoms with van der Waals surface area (Å²) in [5, 5.41) is 1.96. The van der Waals surface area contributed by atoms with Crippen LogP contribution in [-0.2, 0) is 19.4 Å². The second-order valence-electron chi connectivity index (χ2n) is 8.51. The zero-order valence-electron chi connectivity index (χ0n) is 19.7. The molecule has 6 heteroatoms. The molecule has 2 heterocycles. The molecule has 0 spiro atoms. The summed E-state index contributed by atoms with van der Waals surface area (Å²) in [5.74, 6) is 3.10. The van der Waals surface area contributed by atoms with Crippen molar-refractivity contribution in [2.75, 3.05) is 27.9 Å². The smallest absolute Gasteiger partial charge is 0.180 e. The number of ether oxygens (including phenoxy) is 3. The van der Waals surface area contributed by atoms with Gasteiger partial charge in [-0.15, -0.1) is 0 Å². The summed E-state index contributed by atoms with van der Waals surface area (Å²) in [7, 11) is 5.08. The lowest BCUT2D eigenvalue weighted by Crippen LogP contribution is -2.39. The minimum atomic E-state index is 0.299. The Labute approximate surface area is 205 Å². The molecular weight excluding hydrogens is 446 g/mol. The Bertz CT molecular complexity index is 1190. The van der Waals surface area contributed by atoms with Gasteiger partial charge in [-0.3, -0.25) is 4.90 Å². The molecule has 0 amide bonds. The summed E-state index contributed by atoms with van der Waals surface area (Å²) in [4.78, 5) is 2.55. The number of fused-ring (bicyclic) bond motifs is 4. The summed E-state index contributed by atoms with van der Waals surface area (Å²) < 4.78 is 22.8. The molecule has 0 radical (unpaired) electrons. The second kappa shape index (κ2) is 10.0. The van der Waals surface area contributed by atoms with Crippen LogP contribution in [0.25, 0.3) is 6.08 Å². The minimum absolute atomic E-state index is 0.299. The molecule has 0 fully saturated rings. The lowest BCUT2D eigenvalue weighted by atomic mass is 9.83. The van der Waals surface area contributed by atoms with Crippen molar-refractivity contribution in [3.8, 4) is 23.0 Å². The van der Waals surface area contributed by atoms with Crippen LogP contribution in [0.4, 0.5) is 0 Å². The molecule has 0 N–H and O–H groups in total. The fourth-order valence-electron chi connectivity index (χ4n) is 4.89. The van der Waals surface area contributed by atoms with Crippen LogP contribution < -0.4 is 18.4 Å². The number of hydrogen-bond acceptors (Lipinski definition) is 6. The van der Waals surface area contributed by atoms with Gasteiger partial charge in [-0.05, 0) is 71.0 Å². The van der Waals surface area contributed by atoms with Crippen LogP contribution in [0.3, 0.4) is 0 Å². The molecule has 0 aliphatic carbocycles. The Kier molecular flexibility index (Phi) is 6.70. The van der Waals surface area contributed by atoms with Crippen molar-refractivity contribution in [1.29, 1.82) is 0 Å². The molecule has 0 aromatic heterocycles. The third kappa shape index (κ3) is 4.48. The molecule has 2 aliphatic heterocycles. The van der Waals surface area contributed by atoms with Gasteiger partial charge in [0.25, 0.3) is 0 Å². The van der Waals surface area contributed by atoms with E-state index in [9.17, 15) is 0 Å². The van der Waals surface area contributed by atoms with E-state index in [1.54, 1.807) is 21.3 Å². The highest BCUT2D eigenvalue weighted by Gasteiger charge is 2.34. The van der Waals surface area contributed by atoms with Crippen LogP contribution in [-0.4, -0.2) is 32.8 Å². The van der Waals surface area contributed by atoms with Crippen LogP contribution in [0.2, 0.25) is 0 Å². The molecule has 176 valence electrons. The topological polar surface area (TPSA) is 40.2 Å². The van der Waals surface area contributed by atoms with Gasteiger partial charge in [0.05, 0.1) is 33.4 Å². The van der Waals surface area contributed by atoms with Gasteiger partial charge in [-0.25, -0.2) is 0 Å². The fraction of sp³-hybridized carbons (Fsp3) is 0.286. The lowest BCUT2D eigenvalue weighted by Gasteiger charge is -2.41. The second-order valence-corrected chi connectivity index (χ2v) is 9.14. The number of methoxy groups -OCH3 is 3. The fourth-order valence-corrected chi connectivity index (χ4v) is 5.39. The van der Waals surface area contributed by atoms with E-state index in [0.29, 0.717) is 6.04 Å². The van der Waals surface area contributed by atoms with Gasteiger partial charge in [0.2, 0.25) is 0 Å². The molecule has 3 aromatic rings. The quantitative estimate of drug-likeness (QED) is 0.387. The van der Waals surface area contributed by atoms with E-state index in [1.165, 1.54) is 34.3 Å². The molecule has 5 nitrogen and oxygen atoms in total. The van der Waals surface area contributed by atoms with E-state index in [0.717, 1.165) is 54.5 Å². The first-order valence-electron chi connectivity index (χ1n) is 11.4. The highest BCUT2D eigenvalue weighted by atomic mass is 32.2. The van der Waals surface area contributed by atoms with Crippen LogP contribution in [0.5, 0.6) is 23.0 Å². The molecule has 5 rings (SSSR count). The molecule has 3 aromatic carbocycles. The van der Waals surface area contributed by atoms with E-state index < -0.39 is 0 Å². The molecule has 2 aliphatic rings. The van der Waals surface area contributed by atoms with E-state index in [1.807, 2.05) is 29.7 Å². The van der Waals surface area contributed by atoms with Crippen molar-refractivity contribution in [2.45, 2.75) is 25.4 Å². The Morgan fingerprint density at radius 3 is 2.24 bits per heavy atom. The van der Waals surface area contributed by atoms with Crippen LogP contribution in [0, 0.1) is 0 Å². The van der Waals surface area contributed by atoms with Gasteiger partial charge in [0.15, 0.2) is 23.0 Å². The Morgan fingerprint density at radius 2 is 1.50 bits per heavy atom. The first-order valence-corrected chi connectivity index (χ1v) is 12.2. The van der Waals surface area contributed by atoms with E-state index >= 15 is 0 Å². The van der Waals surface area contributed by atoms with Crippen molar-refractivity contribution < 1.29 is 18.4 Å². The molecule has 0 bridgehead atoms. The summed E-state index contributed by atoms with van der Waals surface area (Å²) in [6, 6.07) is 19.1. The average Bonchev–Trinajstić information content (AvgIpc) is 2.89. The molecular formula is C28H29NO4S. The maximum atomic E-state index is 6.08. The summed E-state index contributed by atoms with van der Waals surface area (Å²) in [6.07, 6.45) is 3.96. The summed E-state index contributed by atoms with van der Waals surface area (Å²) in [5.41, 5.74) is 6.41. The van der Waals surface area contributed by atoms with Gasteiger partial charge in [0.1, 0.15) is 0 Å². The lowest BCUT2D eigenvalue weighted by molar-refractivity contribution is 0.160. The molecule has 34 heavy (non-hydrogen) atoms. The Morgan fingerprint density at radius 1 is 0.824 bits per heavy atom. The zero-order chi connectivity index (χ0) is 23.5. The maximum absolute atomic E-state index is 6.08. The van der Waals surface area contributed by atoms with Gasteiger partial charge >= 0.3 is 0 Å². The largest absolute Gasteiger partial charge is 0.493 e. The van der Waals surface area contributed by atoms with Gasteiger partial charge in [-0.2, -0.15) is 0 Å². The number of rotatable bonds is 7. The summed E-state index contributed by atoms with van der Waals surface area (Å²) in [6.45, 7) is 1.92. The Balaban J connectivity index is 1.40. The molecule has 0 saturated carbocycles. The van der Waals surface area contributed by atoms with Crippen molar-refractivity contribution in [2.24, 2.45) is 0 Å². The first-order chi connectivity index (χ1) is 16.7. The van der Waals surface area contributed by atoms with Gasteiger partial charge in [-0.1, -0.05) is 30.3 Å². The standard InChI is InChI=1S/C28H29NO4S/c1-30-25-15-21-13-24-23-17-28(33-34-12-10-19-7-5-4-6-8-19)27(32-3)14-20(23)9-11-29(24)18-22(21)16-26(25)31-2/h4-8,10,12,14-17,24H,9,11,13,18H2,1-3H3/b12-10+. The Hall–Kier alpha value is -3.09. The summed E-state index contributed by atoms with van der Waals surface area (Å²) >= 11 is 1.30. The van der Waals surface area contributed by atoms with Crippen molar-refractivity contribution in [3.63, 3.8) is 0 Å². The average molecular weight is 476 g/mol. The van der Waals surface area contributed by atoms with Crippen LogP contribution >= 0.6 is 12.0 Å². The van der Waals surface area contributed by atoms with E-state index in [-0.39, 0.29) is 0 Å². The van der Waals surface area contributed by atoms with Gasteiger partial charge in [0, 0.05) is 24.5 Å². The first kappa shape index (κ1) is 22.7. The maximum Gasteiger partial charge on any atom is 0.180 e. The zero-order valence-corrected chi connectivity index (χ0v) is 20.6. The number of benzene rings is 3. The monoisotopic (exact) mass is 475 g/mol. The van der Waals surface area contributed by atoms with Crippen LogP contribution in [0.1, 0.15) is 33.9 Å². The molecule has 0 saturated heterocycles. The predicted octanol–water partition coefficient (Wildman–Crippen LogP) is 6.07. The van der Waals surface area contributed by atoms with Crippen LogP contribution in [0.15, 0.2) is 60.0 Å². The van der Waals surface area contributed by atoms with E-state index in [2.05, 4.69) is 41.3 Å². The predicted molar refractivity (Wildman–Crippen MR) is 137 cm³/mol. The van der Waals surface area contributed by atoms with Crippen molar-refractivity contribution >= 4 is 18.1 Å². The number of hydrogen-bond donors (Lipinski definition) is 0. The third-order valence-corrected chi connectivity index (χ3v) is 7.16. The highest BCUT2D eigenvalue weighted by molar-refractivity contribution is 7.98. The SMILES string of the molecule is COc1cc2c(cc1OC)CN1CCc3cc(OC)c(OS/C=C/c4ccccc4)cc3C1C2.